The predicted octanol–water partition coefficient (Wildman–Crippen LogP) is 5.48. The highest BCUT2D eigenvalue weighted by Crippen LogP contribution is 2.41. The van der Waals surface area contributed by atoms with Crippen molar-refractivity contribution in [1.29, 1.82) is 0 Å². The summed E-state index contributed by atoms with van der Waals surface area (Å²) in [6.45, 7) is 6.78. The molecular formula is C28H27NO6. The molecule has 4 aromatic rings. The van der Waals surface area contributed by atoms with Gasteiger partial charge in [0.15, 0.2) is 16.9 Å². The number of ether oxygens (including phenoxy) is 2. The molecule has 0 fully saturated rings. The number of rotatable bonds is 7. The van der Waals surface area contributed by atoms with Crippen molar-refractivity contribution in [2.75, 3.05) is 13.7 Å². The molecule has 0 spiro atoms. The lowest BCUT2D eigenvalue weighted by Crippen LogP contribution is -2.29. The van der Waals surface area contributed by atoms with Crippen molar-refractivity contribution in [2.45, 2.75) is 33.4 Å². The topological polar surface area (TPSA) is 82.1 Å². The molecule has 2 aromatic carbocycles. The van der Waals surface area contributed by atoms with Crippen LogP contribution < -0.4 is 14.9 Å². The van der Waals surface area contributed by atoms with Gasteiger partial charge in [0.25, 0.3) is 5.91 Å². The van der Waals surface area contributed by atoms with Crippen LogP contribution in [-0.4, -0.2) is 24.5 Å². The number of carbonyl (C=O) groups excluding carboxylic acids is 1. The molecule has 0 unspecified atom stereocenters. The summed E-state index contributed by atoms with van der Waals surface area (Å²) in [5.41, 5.74) is 2.14. The van der Waals surface area contributed by atoms with Crippen LogP contribution >= 0.6 is 0 Å². The highest BCUT2D eigenvalue weighted by atomic mass is 16.5. The molecule has 0 N–H and O–H groups in total. The third-order valence-electron chi connectivity index (χ3n) is 6.10. The Morgan fingerprint density at radius 1 is 1.06 bits per heavy atom. The summed E-state index contributed by atoms with van der Waals surface area (Å²) >= 11 is 0. The zero-order chi connectivity index (χ0) is 24.7. The largest absolute Gasteiger partial charge is 0.493 e. The minimum Gasteiger partial charge on any atom is -0.493 e. The number of fused-ring (bicyclic) bond motifs is 2. The quantitative estimate of drug-likeness (QED) is 0.353. The van der Waals surface area contributed by atoms with E-state index < -0.39 is 6.04 Å². The van der Waals surface area contributed by atoms with Crippen LogP contribution in [0.25, 0.3) is 11.0 Å². The molecule has 7 heteroatoms. The number of hydrogen-bond donors (Lipinski definition) is 0. The Labute approximate surface area is 202 Å². The number of furan rings is 1. The normalized spacial score (nSPS) is 15.2. The summed E-state index contributed by atoms with van der Waals surface area (Å²) in [6.07, 6.45) is 1.56. The van der Waals surface area contributed by atoms with Gasteiger partial charge in [-0.1, -0.05) is 31.5 Å². The van der Waals surface area contributed by atoms with E-state index in [2.05, 4.69) is 13.8 Å². The van der Waals surface area contributed by atoms with E-state index in [9.17, 15) is 9.59 Å². The molecular weight excluding hydrogens is 446 g/mol. The van der Waals surface area contributed by atoms with Gasteiger partial charge in [0, 0.05) is 0 Å². The molecule has 2 aromatic heterocycles. The van der Waals surface area contributed by atoms with Gasteiger partial charge < -0.3 is 23.2 Å². The average molecular weight is 474 g/mol. The highest BCUT2D eigenvalue weighted by Gasteiger charge is 2.43. The van der Waals surface area contributed by atoms with Crippen LogP contribution in [0, 0.1) is 12.8 Å². The smallest absolute Gasteiger partial charge is 0.291 e. The molecule has 1 aliphatic heterocycles. The summed E-state index contributed by atoms with van der Waals surface area (Å²) in [5.74, 6) is 1.79. The second kappa shape index (κ2) is 8.98. The molecule has 3 heterocycles. The second-order valence-electron chi connectivity index (χ2n) is 9.20. The molecule has 1 amide bonds. The second-order valence-corrected chi connectivity index (χ2v) is 9.20. The fourth-order valence-electron chi connectivity index (χ4n) is 4.44. The van der Waals surface area contributed by atoms with Crippen LogP contribution in [-0.2, 0) is 6.54 Å². The number of aryl methyl sites for hydroxylation is 1. The molecule has 5 rings (SSSR count). The Morgan fingerprint density at radius 3 is 2.60 bits per heavy atom. The van der Waals surface area contributed by atoms with Gasteiger partial charge in [0.2, 0.25) is 5.76 Å². The Morgan fingerprint density at radius 2 is 1.89 bits per heavy atom. The van der Waals surface area contributed by atoms with Crippen molar-refractivity contribution in [3.8, 4) is 11.5 Å². The predicted molar refractivity (Wildman–Crippen MR) is 131 cm³/mol. The van der Waals surface area contributed by atoms with E-state index in [1.807, 2.05) is 31.2 Å². The number of carbonyl (C=O) groups is 1. The van der Waals surface area contributed by atoms with Gasteiger partial charge in [-0.15, -0.1) is 0 Å². The molecule has 1 aliphatic rings. The Bertz CT molecular complexity index is 1450. The first kappa shape index (κ1) is 22.8. The number of nitrogens with zero attached hydrogens (tertiary/aromatic N) is 1. The van der Waals surface area contributed by atoms with Crippen LogP contribution in [0.3, 0.4) is 0 Å². The highest BCUT2D eigenvalue weighted by molar-refractivity contribution is 5.99. The molecule has 0 aliphatic carbocycles. The fraction of sp³-hybridized carbons (Fsp3) is 0.286. The van der Waals surface area contributed by atoms with Crippen LogP contribution in [0.15, 0.2) is 68.4 Å². The maximum absolute atomic E-state index is 13.7. The van der Waals surface area contributed by atoms with Gasteiger partial charge in [-0.05, 0) is 54.8 Å². The van der Waals surface area contributed by atoms with E-state index in [0.29, 0.717) is 46.3 Å². The maximum atomic E-state index is 13.7. The Balaban J connectivity index is 1.67. The first-order chi connectivity index (χ1) is 16.9. The van der Waals surface area contributed by atoms with Gasteiger partial charge in [0.05, 0.1) is 43.5 Å². The van der Waals surface area contributed by atoms with Crippen molar-refractivity contribution in [3.05, 3.63) is 93.2 Å². The SMILES string of the molecule is COc1cc([C@H]2c3c(oc4ccc(C)cc4c3=O)C(=O)N2Cc2ccco2)ccc1OCC(C)C. The molecule has 1 atom stereocenters. The molecule has 0 bridgehead atoms. The van der Waals surface area contributed by atoms with Gasteiger partial charge in [-0.3, -0.25) is 9.59 Å². The molecule has 180 valence electrons. The van der Waals surface area contributed by atoms with E-state index >= 15 is 0 Å². The average Bonchev–Trinajstić information content (AvgIpc) is 3.45. The van der Waals surface area contributed by atoms with Crippen LogP contribution in [0.1, 0.15) is 52.9 Å². The molecule has 7 nitrogen and oxygen atoms in total. The zero-order valence-corrected chi connectivity index (χ0v) is 20.2. The minimum absolute atomic E-state index is 0.0574. The monoisotopic (exact) mass is 473 g/mol. The van der Waals surface area contributed by atoms with E-state index in [4.69, 9.17) is 18.3 Å². The van der Waals surface area contributed by atoms with E-state index in [-0.39, 0.29) is 23.6 Å². The standard InChI is InChI=1S/C28H27NO6/c1-16(2)15-34-22-10-8-18(13-23(22)32-4)25-24-26(30)20-12-17(3)7-9-21(20)35-27(24)28(31)29(25)14-19-6-5-11-33-19/h5-13,16,25H,14-15H2,1-4H3/t25-/m0/s1. The van der Waals surface area contributed by atoms with Gasteiger partial charge in [-0.2, -0.15) is 0 Å². The summed E-state index contributed by atoms with van der Waals surface area (Å²) in [4.78, 5) is 28.9. The summed E-state index contributed by atoms with van der Waals surface area (Å²) in [5, 5.41) is 0.449. The zero-order valence-electron chi connectivity index (χ0n) is 20.2. The van der Waals surface area contributed by atoms with Gasteiger partial charge in [-0.25, -0.2) is 0 Å². The van der Waals surface area contributed by atoms with Crippen molar-refractivity contribution in [1.82, 2.24) is 4.90 Å². The van der Waals surface area contributed by atoms with Crippen molar-refractivity contribution in [3.63, 3.8) is 0 Å². The first-order valence-corrected chi connectivity index (χ1v) is 11.6. The number of methoxy groups -OCH3 is 1. The summed E-state index contributed by atoms with van der Waals surface area (Å²) in [6, 6.07) is 13.8. The maximum Gasteiger partial charge on any atom is 0.291 e. The lowest BCUT2D eigenvalue weighted by molar-refractivity contribution is 0.0701. The van der Waals surface area contributed by atoms with Crippen molar-refractivity contribution >= 4 is 16.9 Å². The third-order valence-corrected chi connectivity index (χ3v) is 6.10. The van der Waals surface area contributed by atoms with E-state index in [0.717, 1.165) is 11.1 Å². The van der Waals surface area contributed by atoms with Crippen LogP contribution in [0.2, 0.25) is 0 Å². The summed E-state index contributed by atoms with van der Waals surface area (Å²) in [7, 11) is 1.57. The van der Waals surface area contributed by atoms with E-state index in [1.165, 1.54) is 0 Å². The summed E-state index contributed by atoms with van der Waals surface area (Å²) < 4.78 is 23.0. The van der Waals surface area contributed by atoms with Crippen molar-refractivity contribution in [2.24, 2.45) is 5.92 Å². The first-order valence-electron chi connectivity index (χ1n) is 11.6. The molecule has 35 heavy (non-hydrogen) atoms. The third kappa shape index (κ3) is 4.07. The van der Waals surface area contributed by atoms with Crippen LogP contribution in [0.4, 0.5) is 0 Å². The molecule has 0 radical (unpaired) electrons. The van der Waals surface area contributed by atoms with Gasteiger partial charge in [0.1, 0.15) is 11.3 Å². The van der Waals surface area contributed by atoms with Gasteiger partial charge >= 0.3 is 0 Å². The molecule has 0 saturated carbocycles. The number of amides is 1. The van der Waals surface area contributed by atoms with Crippen molar-refractivity contribution < 1.29 is 23.1 Å². The Hall–Kier alpha value is -4.00. The molecule has 0 saturated heterocycles. The minimum atomic E-state index is -0.670. The lowest BCUT2D eigenvalue weighted by Gasteiger charge is -2.25. The van der Waals surface area contributed by atoms with E-state index in [1.54, 1.807) is 42.5 Å². The van der Waals surface area contributed by atoms with Crippen LogP contribution in [0.5, 0.6) is 11.5 Å². The Kier molecular flexibility index (Phi) is 5.84. The lowest BCUT2D eigenvalue weighted by atomic mass is 9.97. The fourth-order valence-corrected chi connectivity index (χ4v) is 4.44. The number of benzene rings is 2. The number of hydrogen-bond acceptors (Lipinski definition) is 6.